The summed E-state index contributed by atoms with van der Waals surface area (Å²) in [5.74, 6) is 0. The Labute approximate surface area is 97.0 Å². The van der Waals surface area contributed by atoms with Crippen molar-refractivity contribution in [2.45, 2.75) is 6.54 Å². The smallest absolute Gasteiger partial charge is 0.328 e. The maximum atomic E-state index is 11.6. The lowest BCUT2D eigenvalue weighted by Gasteiger charge is -2.10. The van der Waals surface area contributed by atoms with E-state index in [9.17, 15) is 9.59 Å². The summed E-state index contributed by atoms with van der Waals surface area (Å²) in [6.45, 7) is -0.00831. The Morgan fingerprint density at radius 2 is 1.88 bits per heavy atom. The van der Waals surface area contributed by atoms with E-state index in [1.807, 2.05) is 30.3 Å². The number of aromatic amines is 1. The standard InChI is InChI=1S/C12H12N2O3/c15-7-6-14-10(8-11(16)13-12(14)17)9-4-2-1-3-5-9/h1-5,8,15H,6-7H2,(H,13,16,17). The number of rotatable bonds is 3. The zero-order valence-corrected chi connectivity index (χ0v) is 9.09. The molecule has 0 unspecified atom stereocenters. The topological polar surface area (TPSA) is 75.1 Å². The zero-order valence-electron chi connectivity index (χ0n) is 9.09. The van der Waals surface area contributed by atoms with Crippen molar-refractivity contribution in [3.05, 3.63) is 57.2 Å². The number of benzene rings is 1. The normalized spacial score (nSPS) is 10.4. The Balaban J connectivity index is 2.67. The van der Waals surface area contributed by atoms with Crippen LogP contribution in [0, 0.1) is 0 Å². The minimum absolute atomic E-state index is 0.153. The van der Waals surface area contributed by atoms with Gasteiger partial charge in [-0.3, -0.25) is 14.3 Å². The molecule has 0 atom stereocenters. The zero-order chi connectivity index (χ0) is 12.3. The van der Waals surface area contributed by atoms with Gasteiger partial charge in [-0.2, -0.15) is 0 Å². The summed E-state index contributed by atoms with van der Waals surface area (Å²) in [4.78, 5) is 25.1. The predicted octanol–water partition coefficient (Wildman–Crippen LogP) is 0.196. The molecule has 0 saturated carbocycles. The second-order valence-corrected chi connectivity index (χ2v) is 3.57. The quantitative estimate of drug-likeness (QED) is 0.793. The first-order valence-corrected chi connectivity index (χ1v) is 5.23. The largest absolute Gasteiger partial charge is 0.395 e. The van der Waals surface area contributed by atoms with Gasteiger partial charge >= 0.3 is 5.69 Å². The maximum absolute atomic E-state index is 11.6. The van der Waals surface area contributed by atoms with Crippen LogP contribution in [0.1, 0.15) is 0 Å². The predicted molar refractivity (Wildman–Crippen MR) is 63.8 cm³/mol. The summed E-state index contributed by atoms with van der Waals surface area (Å²) in [5, 5.41) is 8.93. The van der Waals surface area contributed by atoms with Crippen LogP contribution in [0.3, 0.4) is 0 Å². The Morgan fingerprint density at radius 3 is 2.53 bits per heavy atom. The minimum atomic E-state index is -0.509. The van der Waals surface area contributed by atoms with Crippen molar-refractivity contribution in [1.29, 1.82) is 0 Å². The summed E-state index contributed by atoms with van der Waals surface area (Å²) >= 11 is 0. The van der Waals surface area contributed by atoms with Crippen molar-refractivity contribution in [3.8, 4) is 11.3 Å². The molecular formula is C12H12N2O3. The van der Waals surface area contributed by atoms with Crippen molar-refractivity contribution < 1.29 is 5.11 Å². The molecule has 2 rings (SSSR count). The average molecular weight is 232 g/mol. The van der Waals surface area contributed by atoms with E-state index in [-0.39, 0.29) is 13.2 Å². The van der Waals surface area contributed by atoms with E-state index >= 15 is 0 Å². The fourth-order valence-electron chi connectivity index (χ4n) is 1.69. The fraction of sp³-hybridized carbons (Fsp3) is 0.167. The molecule has 5 heteroatoms. The van der Waals surface area contributed by atoms with Crippen LogP contribution in [0.5, 0.6) is 0 Å². The average Bonchev–Trinajstić information content (AvgIpc) is 2.33. The van der Waals surface area contributed by atoms with Gasteiger partial charge in [-0.05, 0) is 5.56 Å². The van der Waals surface area contributed by atoms with Gasteiger partial charge in [0.05, 0.1) is 18.8 Å². The first kappa shape index (κ1) is 11.3. The second-order valence-electron chi connectivity index (χ2n) is 3.57. The van der Waals surface area contributed by atoms with Crippen LogP contribution in [0.2, 0.25) is 0 Å². The number of H-pyrrole nitrogens is 1. The van der Waals surface area contributed by atoms with Gasteiger partial charge in [-0.1, -0.05) is 30.3 Å². The molecule has 0 saturated heterocycles. The molecule has 17 heavy (non-hydrogen) atoms. The number of nitrogens with zero attached hydrogens (tertiary/aromatic N) is 1. The summed E-state index contributed by atoms with van der Waals surface area (Å²) in [6, 6.07) is 10.5. The second kappa shape index (κ2) is 4.80. The third-order valence-corrected chi connectivity index (χ3v) is 2.43. The first-order chi connectivity index (χ1) is 8.22. The molecule has 1 aromatic heterocycles. The lowest BCUT2D eigenvalue weighted by atomic mass is 10.1. The number of aliphatic hydroxyl groups excluding tert-OH is 1. The molecule has 0 aliphatic heterocycles. The molecule has 1 aromatic carbocycles. The van der Waals surface area contributed by atoms with Crippen molar-refractivity contribution in [1.82, 2.24) is 9.55 Å². The van der Waals surface area contributed by atoms with E-state index in [1.54, 1.807) is 0 Å². The Morgan fingerprint density at radius 1 is 1.18 bits per heavy atom. The molecule has 2 N–H and O–H groups in total. The van der Waals surface area contributed by atoms with Crippen LogP contribution in [0.25, 0.3) is 11.3 Å². The van der Waals surface area contributed by atoms with Gasteiger partial charge in [0, 0.05) is 6.07 Å². The molecule has 0 spiro atoms. The van der Waals surface area contributed by atoms with Crippen molar-refractivity contribution in [3.63, 3.8) is 0 Å². The van der Waals surface area contributed by atoms with Gasteiger partial charge in [0.15, 0.2) is 0 Å². The highest BCUT2D eigenvalue weighted by atomic mass is 16.3. The SMILES string of the molecule is O=c1cc(-c2ccccc2)n(CCO)c(=O)[nH]1. The number of hydrogen-bond donors (Lipinski definition) is 2. The molecule has 0 bridgehead atoms. The van der Waals surface area contributed by atoms with Crippen LogP contribution >= 0.6 is 0 Å². The number of aliphatic hydroxyl groups is 1. The Kier molecular flexibility index (Phi) is 3.20. The highest BCUT2D eigenvalue weighted by molar-refractivity contribution is 5.58. The summed E-state index contributed by atoms with van der Waals surface area (Å²) < 4.78 is 1.34. The lowest BCUT2D eigenvalue weighted by Crippen LogP contribution is -2.31. The lowest BCUT2D eigenvalue weighted by molar-refractivity contribution is 0.274. The Bertz CT molecular complexity index is 614. The van der Waals surface area contributed by atoms with E-state index in [4.69, 9.17) is 5.11 Å². The molecule has 0 radical (unpaired) electrons. The van der Waals surface area contributed by atoms with Gasteiger partial charge in [0.25, 0.3) is 5.56 Å². The van der Waals surface area contributed by atoms with Gasteiger partial charge in [0.1, 0.15) is 0 Å². The van der Waals surface area contributed by atoms with Crippen LogP contribution in [0.15, 0.2) is 46.0 Å². The molecule has 1 heterocycles. The van der Waals surface area contributed by atoms with E-state index in [2.05, 4.69) is 4.98 Å². The third kappa shape index (κ3) is 2.34. The van der Waals surface area contributed by atoms with Crippen LogP contribution in [-0.2, 0) is 6.54 Å². The Hall–Kier alpha value is -2.14. The summed E-state index contributed by atoms with van der Waals surface area (Å²) in [5.41, 5.74) is 0.325. The van der Waals surface area contributed by atoms with Gasteiger partial charge in [0.2, 0.25) is 0 Å². The number of nitrogens with one attached hydrogen (secondary N) is 1. The van der Waals surface area contributed by atoms with Gasteiger partial charge in [-0.25, -0.2) is 4.79 Å². The highest BCUT2D eigenvalue weighted by Gasteiger charge is 2.07. The van der Waals surface area contributed by atoms with Gasteiger partial charge < -0.3 is 5.11 Å². The highest BCUT2D eigenvalue weighted by Crippen LogP contribution is 2.15. The maximum Gasteiger partial charge on any atom is 0.328 e. The molecule has 88 valence electrons. The molecule has 0 aliphatic carbocycles. The third-order valence-electron chi connectivity index (χ3n) is 2.43. The van der Waals surface area contributed by atoms with Crippen molar-refractivity contribution in [2.24, 2.45) is 0 Å². The first-order valence-electron chi connectivity index (χ1n) is 5.23. The molecule has 0 fully saturated rings. The molecule has 5 nitrogen and oxygen atoms in total. The van der Waals surface area contributed by atoms with Crippen LogP contribution in [-0.4, -0.2) is 21.3 Å². The minimum Gasteiger partial charge on any atom is -0.395 e. The monoisotopic (exact) mass is 232 g/mol. The van der Waals surface area contributed by atoms with Crippen LogP contribution in [0.4, 0.5) is 0 Å². The van der Waals surface area contributed by atoms with E-state index in [0.29, 0.717) is 5.69 Å². The molecule has 0 aliphatic rings. The number of aromatic nitrogens is 2. The molecule has 0 amide bonds. The number of hydrogen-bond acceptors (Lipinski definition) is 3. The summed E-state index contributed by atoms with van der Waals surface area (Å²) in [6.07, 6.45) is 0. The van der Waals surface area contributed by atoms with Crippen molar-refractivity contribution >= 4 is 0 Å². The van der Waals surface area contributed by atoms with E-state index in [1.165, 1.54) is 10.6 Å². The summed E-state index contributed by atoms with van der Waals surface area (Å²) in [7, 11) is 0. The fourth-order valence-corrected chi connectivity index (χ4v) is 1.69. The van der Waals surface area contributed by atoms with Crippen LogP contribution < -0.4 is 11.2 Å². The molecular weight excluding hydrogens is 220 g/mol. The van der Waals surface area contributed by atoms with E-state index in [0.717, 1.165) is 5.56 Å². The van der Waals surface area contributed by atoms with Gasteiger partial charge in [-0.15, -0.1) is 0 Å². The van der Waals surface area contributed by atoms with Crippen molar-refractivity contribution in [2.75, 3.05) is 6.61 Å². The molecule has 2 aromatic rings. The van der Waals surface area contributed by atoms with E-state index < -0.39 is 11.2 Å².